The lowest BCUT2D eigenvalue weighted by Gasteiger charge is -2.30. The molecule has 1 fully saturated rings. The third-order valence-electron chi connectivity index (χ3n) is 4.52. The predicted octanol–water partition coefficient (Wildman–Crippen LogP) is 2.16. The summed E-state index contributed by atoms with van der Waals surface area (Å²) in [7, 11) is 1.99. The molecule has 2 amide bonds. The van der Waals surface area contributed by atoms with Gasteiger partial charge in [0.2, 0.25) is 11.8 Å². The lowest BCUT2D eigenvalue weighted by atomic mass is 10.2. The van der Waals surface area contributed by atoms with Gasteiger partial charge in [-0.1, -0.05) is 6.92 Å². The van der Waals surface area contributed by atoms with E-state index in [1.54, 1.807) is 4.90 Å². The Morgan fingerprint density at radius 1 is 1.41 bits per heavy atom. The van der Waals surface area contributed by atoms with Gasteiger partial charge in [0.05, 0.1) is 13.1 Å². The van der Waals surface area contributed by atoms with Crippen molar-refractivity contribution in [3.05, 3.63) is 24.0 Å². The van der Waals surface area contributed by atoms with Gasteiger partial charge in [0, 0.05) is 37.9 Å². The van der Waals surface area contributed by atoms with E-state index in [4.69, 9.17) is 0 Å². The summed E-state index contributed by atoms with van der Waals surface area (Å²) in [4.78, 5) is 28.2. The molecule has 1 aromatic heterocycles. The Morgan fingerprint density at radius 3 is 2.55 bits per heavy atom. The van der Waals surface area contributed by atoms with Gasteiger partial charge in [0.25, 0.3) is 0 Å². The lowest BCUT2D eigenvalue weighted by molar-refractivity contribution is -0.141. The standard InChI is InChI=1S/C17H27N3O2/c1-5-13(2)19(14(3)21)12-17(22)20(15-8-9-15)11-16-7-6-10-18(16)4/h6-7,10,13,15H,5,8-9,11-12H2,1-4H3/t13-/m1/s1. The molecule has 2 rings (SSSR count). The molecule has 1 heterocycles. The van der Waals surface area contributed by atoms with Crippen molar-refractivity contribution in [2.75, 3.05) is 6.54 Å². The highest BCUT2D eigenvalue weighted by Gasteiger charge is 2.34. The number of carbonyl (C=O) groups excluding carboxylic acids is 2. The van der Waals surface area contributed by atoms with Crippen molar-refractivity contribution in [2.24, 2.45) is 7.05 Å². The van der Waals surface area contributed by atoms with Crippen LogP contribution in [0.3, 0.4) is 0 Å². The van der Waals surface area contributed by atoms with Crippen molar-refractivity contribution in [2.45, 2.75) is 58.7 Å². The largest absolute Gasteiger partial charge is 0.353 e. The quantitative estimate of drug-likeness (QED) is 0.775. The number of hydrogen-bond donors (Lipinski definition) is 0. The summed E-state index contributed by atoms with van der Waals surface area (Å²) >= 11 is 0. The highest BCUT2D eigenvalue weighted by molar-refractivity contribution is 5.84. The Hall–Kier alpha value is -1.78. The lowest BCUT2D eigenvalue weighted by Crippen LogP contribution is -2.46. The molecule has 0 bridgehead atoms. The van der Waals surface area contributed by atoms with Crippen molar-refractivity contribution in [1.82, 2.24) is 14.4 Å². The summed E-state index contributed by atoms with van der Waals surface area (Å²) in [6.45, 7) is 6.38. The maximum atomic E-state index is 12.7. The Kier molecular flexibility index (Phi) is 5.27. The molecule has 0 saturated heterocycles. The first kappa shape index (κ1) is 16.6. The van der Waals surface area contributed by atoms with E-state index >= 15 is 0 Å². The minimum absolute atomic E-state index is 0.0303. The van der Waals surface area contributed by atoms with Crippen LogP contribution in [-0.4, -0.2) is 44.8 Å². The molecule has 0 unspecified atom stereocenters. The molecule has 0 spiro atoms. The van der Waals surface area contributed by atoms with Crippen LogP contribution in [0.2, 0.25) is 0 Å². The van der Waals surface area contributed by atoms with E-state index in [1.807, 2.05) is 48.7 Å². The fraction of sp³-hybridized carbons (Fsp3) is 0.647. The number of rotatable bonds is 7. The fourth-order valence-corrected chi connectivity index (χ4v) is 2.68. The van der Waals surface area contributed by atoms with Gasteiger partial charge >= 0.3 is 0 Å². The Morgan fingerprint density at radius 2 is 2.09 bits per heavy atom. The topological polar surface area (TPSA) is 45.6 Å². The first-order chi connectivity index (χ1) is 10.4. The van der Waals surface area contributed by atoms with E-state index in [0.717, 1.165) is 25.0 Å². The van der Waals surface area contributed by atoms with Gasteiger partial charge in [-0.25, -0.2) is 0 Å². The predicted molar refractivity (Wildman–Crippen MR) is 86.1 cm³/mol. The van der Waals surface area contributed by atoms with Crippen LogP contribution in [0.25, 0.3) is 0 Å². The van der Waals surface area contributed by atoms with E-state index in [0.29, 0.717) is 12.6 Å². The monoisotopic (exact) mass is 305 g/mol. The van der Waals surface area contributed by atoms with E-state index in [9.17, 15) is 9.59 Å². The van der Waals surface area contributed by atoms with Crippen LogP contribution in [0.5, 0.6) is 0 Å². The van der Waals surface area contributed by atoms with Gasteiger partial charge in [0.1, 0.15) is 0 Å². The van der Waals surface area contributed by atoms with E-state index in [1.165, 1.54) is 6.92 Å². The van der Waals surface area contributed by atoms with Crippen molar-refractivity contribution < 1.29 is 9.59 Å². The molecule has 1 aromatic rings. The van der Waals surface area contributed by atoms with E-state index in [2.05, 4.69) is 0 Å². The van der Waals surface area contributed by atoms with E-state index < -0.39 is 0 Å². The molecular formula is C17H27N3O2. The zero-order valence-corrected chi connectivity index (χ0v) is 14.1. The molecule has 1 aliphatic carbocycles. The van der Waals surface area contributed by atoms with Crippen LogP contribution in [0.1, 0.15) is 45.7 Å². The van der Waals surface area contributed by atoms with Crippen LogP contribution in [0, 0.1) is 0 Å². The van der Waals surface area contributed by atoms with Crippen LogP contribution >= 0.6 is 0 Å². The second-order valence-corrected chi connectivity index (χ2v) is 6.27. The van der Waals surface area contributed by atoms with Gasteiger partial charge in [-0.05, 0) is 38.3 Å². The summed E-state index contributed by atoms with van der Waals surface area (Å²) in [5, 5.41) is 0. The number of carbonyl (C=O) groups is 2. The van der Waals surface area contributed by atoms with Gasteiger partial charge in [0.15, 0.2) is 0 Å². The second-order valence-electron chi connectivity index (χ2n) is 6.27. The minimum Gasteiger partial charge on any atom is -0.353 e. The molecule has 1 atom stereocenters. The molecule has 5 nitrogen and oxygen atoms in total. The van der Waals surface area contributed by atoms with Crippen LogP contribution < -0.4 is 0 Å². The zero-order valence-electron chi connectivity index (χ0n) is 14.1. The summed E-state index contributed by atoms with van der Waals surface area (Å²) in [5.41, 5.74) is 1.12. The Bertz CT molecular complexity index is 534. The third kappa shape index (κ3) is 3.90. The molecule has 0 N–H and O–H groups in total. The van der Waals surface area contributed by atoms with Crippen LogP contribution in [-0.2, 0) is 23.2 Å². The molecule has 5 heteroatoms. The van der Waals surface area contributed by atoms with Crippen molar-refractivity contribution in [3.63, 3.8) is 0 Å². The highest BCUT2D eigenvalue weighted by Crippen LogP contribution is 2.28. The first-order valence-electron chi connectivity index (χ1n) is 8.10. The van der Waals surface area contributed by atoms with Gasteiger partial charge < -0.3 is 14.4 Å². The maximum Gasteiger partial charge on any atom is 0.242 e. The molecular weight excluding hydrogens is 278 g/mol. The SMILES string of the molecule is CC[C@@H](C)N(CC(=O)N(Cc1cccn1C)C1CC1)C(C)=O. The van der Waals surface area contributed by atoms with Crippen molar-refractivity contribution in [1.29, 1.82) is 0 Å². The second kappa shape index (κ2) is 6.99. The highest BCUT2D eigenvalue weighted by atomic mass is 16.2. The number of nitrogens with zero attached hydrogens (tertiary/aromatic N) is 3. The normalized spacial score (nSPS) is 15.5. The summed E-state index contributed by atoms with van der Waals surface area (Å²) in [5.74, 6) is 0.0245. The number of amides is 2. The number of hydrogen-bond acceptors (Lipinski definition) is 2. The minimum atomic E-state index is -0.0303. The summed E-state index contributed by atoms with van der Waals surface area (Å²) < 4.78 is 2.04. The fourth-order valence-electron chi connectivity index (χ4n) is 2.68. The van der Waals surface area contributed by atoms with Gasteiger partial charge in [-0.2, -0.15) is 0 Å². The molecule has 1 aliphatic rings. The number of aryl methyl sites for hydroxylation is 1. The van der Waals surface area contributed by atoms with Gasteiger partial charge in [-0.3, -0.25) is 9.59 Å². The zero-order chi connectivity index (χ0) is 16.3. The average molecular weight is 305 g/mol. The summed E-state index contributed by atoms with van der Waals surface area (Å²) in [6.07, 6.45) is 4.99. The van der Waals surface area contributed by atoms with E-state index in [-0.39, 0.29) is 24.4 Å². The third-order valence-corrected chi connectivity index (χ3v) is 4.52. The molecule has 1 saturated carbocycles. The first-order valence-corrected chi connectivity index (χ1v) is 8.10. The molecule has 0 aromatic carbocycles. The molecule has 0 radical (unpaired) electrons. The van der Waals surface area contributed by atoms with Crippen molar-refractivity contribution >= 4 is 11.8 Å². The van der Waals surface area contributed by atoms with Crippen LogP contribution in [0.15, 0.2) is 18.3 Å². The Labute approximate surface area is 132 Å². The Balaban J connectivity index is 2.06. The van der Waals surface area contributed by atoms with Gasteiger partial charge in [-0.15, -0.1) is 0 Å². The maximum absolute atomic E-state index is 12.7. The summed E-state index contributed by atoms with van der Waals surface area (Å²) in [6, 6.07) is 4.47. The van der Waals surface area contributed by atoms with Crippen LogP contribution in [0.4, 0.5) is 0 Å². The average Bonchev–Trinajstić information content (AvgIpc) is 3.24. The van der Waals surface area contributed by atoms with Crippen molar-refractivity contribution in [3.8, 4) is 0 Å². The molecule has 22 heavy (non-hydrogen) atoms. The number of aromatic nitrogens is 1. The molecule has 122 valence electrons. The smallest absolute Gasteiger partial charge is 0.242 e. The molecule has 0 aliphatic heterocycles.